The summed E-state index contributed by atoms with van der Waals surface area (Å²) >= 11 is 0. The van der Waals surface area contributed by atoms with Gasteiger partial charge in [-0.3, -0.25) is 0 Å². The van der Waals surface area contributed by atoms with Crippen LogP contribution in [-0.2, 0) is 6.54 Å². The van der Waals surface area contributed by atoms with E-state index in [1.165, 1.54) is 6.33 Å². The van der Waals surface area contributed by atoms with Crippen molar-refractivity contribution in [1.82, 2.24) is 9.97 Å². The molecule has 0 aliphatic rings. The van der Waals surface area contributed by atoms with Gasteiger partial charge in [0.05, 0.1) is 18.1 Å². The van der Waals surface area contributed by atoms with E-state index in [4.69, 9.17) is 11.2 Å². The summed E-state index contributed by atoms with van der Waals surface area (Å²) in [5.74, 6) is 3.25. The van der Waals surface area contributed by atoms with Crippen LogP contribution >= 0.6 is 0 Å². The lowest BCUT2D eigenvalue weighted by molar-refractivity contribution is 0.366. The number of nitrogens with one attached hydrogen (secondary N) is 1. The molecule has 18 heavy (non-hydrogen) atoms. The average molecular weight is 239 g/mol. The highest BCUT2D eigenvalue weighted by Crippen LogP contribution is 2.18. The Balaban J connectivity index is 2.03. The second kappa shape index (κ2) is 6.26. The monoisotopic (exact) mass is 239 g/mol. The van der Waals surface area contributed by atoms with Crippen LogP contribution < -0.4 is 10.1 Å². The van der Waals surface area contributed by atoms with Crippen molar-refractivity contribution in [2.24, 2.45) is 0 Å². The molecule has 0 aliphatic carbocycles. The van der Waals surface area contributed by atoms with Crippen molar-refractivity contribution in [2.45, 2.75) is 6.54 Å². The lowest BCUT2D eigenvalue weighted by atomic mass is 10.2. The number of rotatable bonds is 5. The molecule has 2 aromatic rings. The van der Waals surface area contributed by atoms with E-state index in [-0.39, 0.29) is 6.61 Å². The molecule has 0 spiro atoms. The summed E-state index contributed by atoms with van der Waals surface area (Å²) < 4.78 is 5.47. The SMILES string of the molecule is C#CCOc1ccccc1CNc1cncnc1. The summed E-state index contributed by atoms with van der Waals surface area (Å²) in [5.41, 5.74) is 1.90. The van der Waals surface area contributed by atoms with Gasteiger partial charge in [0, 0.05) is 12.1 Å². The van der Waals surface area contributed by atoms with Gasteiger partial charge in [-0.05, 0) is 6.07 Å². The Morgan fingerprint density at radius 3 is 2.78 bits per heavy atom. The van der Waals surface area contributed by atoms with E-state index < -0.39 is 0 Å². The standard InChI is InChI=1S/C14H13N3O/c1-2-7-18-14-6-4-3-5-12(14)8-17-13-9-15-11-16-10-13/h1,3-6,9-11,17H,7-8H2. The molecular formula is C14H13N3O. The van der Waals surface area contributed by atoms with Crippen molar-refractivity contribution in [3.8, 4) is 18.1 Å². The third-order valence-electron chi connectivity index (χ3n) is 2.33. The molecule has 0 unspecified atom stereocenters. The second-order valence-electron chi connectivity index (χ2n) is 3.58. The summed E-state index contributed by atoms with van der Waals surface area (Å²) in [7, 11) is 0. The van der Waals surface area contributed by atoms with Crippen molar-refractivity contribution in [2.75, 3.05) is 11.9 Å². The number of benzene rings is 1. The molecule has 0 radical (unpaired) electrons. The average Bonchev–Trinajstić information content (AvgIpc) is 2.45. The molecule has 0 atom stereocenters. The van der Waals surface area contributed by atoms with Gasteiger partial charge < -0.3 is 10.1 Å². The predicted octanol–water partition coefficient (Wildman–Crippen LogP) is 2.10. The maximum absolute atomic E-state index is 5.47. The van der Waals surface area contributed by atoms with Crippen LogP contribution in [0.15, 0.2) is 43.0 Å². The summed E-state index contributed by atoms with van der Waals surface area (Å²) in [6, 6.07) is 7.76. The highest BCUT2D eigenvalue weighted by molar-refractivity contribution is 5.41. The van der Waals surface area contributed by atoms with E-state index in [0.717, 1.165) is 17.0 Å². The summed E-state index contributed by atoms with van der Waals surface area (Å²) in [5, 5.41) is 3.22. The number of ether oxygens (including phenoxy) is 1. The highest BCUT2D eigenvalue weighted by atomic mass is 16.5. The van der Waals surface area contributed by atoms with Crippen LogP contribution in [0.3, 0.4) is 0 Å². The van der Waals surface area contributed by atoms with E-state index in [9.17, 15) is 0 Å². The quantitative estimate of drug-likeness (QED) is 0.812. The zero-order valence-corrected chi connectivity index (χ0v) is 9.84. The first-order chi connectivity index (χ1) is 8.90. The van der Waals surface area contributed by atoms with Crippen molar-refractivity contribution < 1.29 is 4.74 Å². The lowest BCUT2D eigenvalue weighted by Crippen LogP contribution is -2.03. The molecule has 0 saturated carbocycles. The molecule has 0 fully saturated rings. The van der Waals surface area contributed by atoms with Crippen molar-refractivity contribution in [3.63, 3.8) is 0 Å². The molecule has 4 nitrogen and oxygen atoms in total. The minimum Gasteiger partial charge on any atom is -0.481 e. The third kappa shape index (κ3) is 3.22. The van der Waals surface area contributed by atoms with Crippen LogP contribution in [0.25, 0.3) is 0 Å². The number of para-hydroxylation sites is 1. The smallest absolute Gasteiger partial charge is 0.148 e. The van der Waals surface area contributed by atoms with Crippen LogP contribution in [0, 0.1) is 12.3 Å². The minimum atomic E-state index is 0.269. The predicted molar refractivity (Wildman–Crippen MR) is 70.1 cm³/mol. The highest BCUT2D eigenvalue weighted by Gasteiger charge is 2.02. The molecular weight excluding hydrogens is 226 g/mol. The molecule has 1 heterocycles. The fourth-order valence-electron chi connectivity index (χ4n) is 1.50. The fraction of sp³-hybridized carbons (Fsp3) is 0.143. The zero-order chi connectivity index (χ0) is 12.6. The van der Waals surface area contributed by atoms with Gasteiger partial charge >= 0.3 is 0 Å². The fourth-order valence-corrected chi connectivity index (χ4v) is 1.50. The topological polar surface area (TPSA) is 47.0 Å². The maximum Gasteiger partial charge on any atom is 0.148 e. The van der Waals surface area contributed by atoms with E-state index in [0.29, 0.717) is 6.54 Å². The first-order valence-corrected chi connectivity index (χ1v) is 5.53. The molecule has 1 aromatic carbocycles. The Morgan fingerprint density at radius 2 is 2.00 bits per heavy atom. The maximum atomic E-state index is 5.47. The van der Waals surface area contributed by atoms with Gasteiger partial charge in [-0.1, -0.05) is 24.1 Å². The largest absolute Gasteiger partial charge is 0.481 e. The first-order valence-electron chi connectivity index (χ1n) is 5.53. The zero-order valence-electron chi connectivity index (χ0n) is 9.84. The summed E-state index contributed by atoms with van der Waals surface area (Å²) in [6.45, 7) is 0.902. The summed E-state index contributed by atoms with van der Waals surface area (Å²) in [6.07, 6.45) is 10.1. The molecule has 4 heteroatoms. The van der Waals surface area contributed by atoms with E-state index in [2.05, 4.69) is 21.2 Å². The second-order valence-corrected chi connectivity index (χ2v) is 3.58. The molecule has 0 bridgehead atoms. The van der Waals surface area contributed by atoms with E-state index >= 15 is 0 Å². The number of hydrogen-bond acceptors (Lipinski definition) is 4. The normalized spacial score (nSPS) is 9.50. The van der Waals surface area contributed by atoms with Gasteiger partial charge in [0.1, 0.15) is 18.7 Å². The molecule has 1 N–H and O–H groups in total. The van der Waals surface area contributed by atoms with Gasteiger partial charge in [-0.15, -0.1) is 6.42 Å². The van der Waals surface area contributed by atoms with Gasteiger partial charge in [0.15, 0.2) is 0 Å². The van der Waals surface area contributed by atoms with Crippen LogP contribution in [0.2, 0.25) is 0 Å². The van der Waals surface area contributed by atoms with Crippen LogP contribution in [-0.4, -0.2) is 16.6 Å². The third-order valence-corrected chi connectivity index (χ3v) is 2.33. The summed E-state index contributed by atoms with van der Waals surface area (Å²) in [4.78, 5) is 7.88. The Hall–Kier alpha value is -2.54. The van der Waals surface area contributed by atoms with Crippen molar-refractivity contribution >= 4 is 5.69 Å². The lowest BCUT2D eigenvalue weighted by Gasteiger charge is -2.10. The van der Waals surface area contributed by atoms with Gasteiger partial charge in [0.2, 0.25) is 0 Å². The van der Waals surface area contributed by atoms with Crippen molar-refractivity contribution in [1.29, 1.82) is 0 Å². The van der Waals surface area contributed by atoms with Crippen LogP contribution in [0.5, 0.6) is 5.75 Å². The van der Waals surface area contributed by atoms with Gasteiger partial charge in [-0.2, -0.15) is 0 Å². The molecule has 0 amide bonds. The number of aromatic nitrogens is 2. The Morgan fingerprint density at radius 1 is 1.22 bits per heavy atom. The van der Waals surface area contributed by atoms with E-state index in [1.54, 1.807) is 12.4 Å². The van der Waals surface area contributed by atoms with Crippen molar-refractivity contribution in [3.05, 3.63) is 48.5 Å². The minimum absolute atomic E-state index is 0.269. The molecule has 90 valence electrons. The molecule has 0 saturated heterocycles. The Bertz CT molecular complexity index is 534. The van der Waals surface area contributed by atoms with Crippen LogP contribution in [0.1, 0.15) is 5.56 Å². The molecule has 0 aliphatic heterocycles. The number of hydrogen-bond donors (Lipinski definition) is 1. The first kappa shape index (κ1) is 11.9. The number of anilines is 1. The Labute approximate surface area is 106 Å². The molecule has 1 aromatic heterocycles. The van der Waals surface area contributed by atoms with Gasteiger partial charge in [0.25, 0.3) is 0 Å². The van der Waals surface area contributed by atoms with Crippen LogP contribution in [0.4, 0.5) is 5.69 Å². The Kier molecular flexibility index (Phi) is 4.15. The molecule has 2 rings (SSSR count). The van der Waals surface area contributed by atoms with E-state index in [1.807, 2.05) is 24.3 Å². The number of terminal acetylenes is 1. The van der Waals surface area contributed by atoms with Gasteiger partial charge in [-0.25, -0.2) is 9.97 Å². The number of nitrogens with zero attached hydrogens (tertiary/aromatic N) is 2.